The molecule has 0 aliphatic carbocycles. The summed E-state index contributed by atoms with van der Waals surface area (Å²) in [5.41, 5.74) is 1.54. The molecule has 0 saturated carbocycles. The molecule has 0 spiro atoms. The fourth-order valence-corrected chi connectivity index (χ4v) is 2.34. The van der Waals surface area contributed by atoms with Crippen LogP contribution in [0.15, 0.2) is 36.4 Å². The largest absolute Gasteiger partial charge is 0.493 e. The first-order valence-electron chi connectivity index (χ1n) is 7.87. The minimum atomic E-state index is -0.273. The van der Waals surface area contributed by atoms with Gasteiger partial charge in [-0.15, -0.1) is 0 Å². The van der Waals surface area contributed by atoms with Gasteiger partial charge in [0.1, 0.15) is 12.4 Å². The highest BCUT2D eigenvalue weighted by atomic mass is 16.5. The third-order valence-corrected chi connectivity index (χ3v) is 3.63. The van der Waals surface area contributed by atoms with E-state index in [1.807, 2.05) is 31.2 Å². The molecule has 0 aromatic heterocycles. The molecule has 0 atom stereocenters. The molecule has 6 nitrogen and oxygen atoms in total. The third-order valence-electron chi connectivity index (χ3n) is 3.63. The number of amides is 1. The van der Waals surface area contributed by atoms with E-state index in [4.69, 9.17) is 18.9 Å². The molecule has 0 aliphatic heterocycles. The molecule has 25 heavy (non-hydrogen) atoms. The van der Waals surface area contributed by atoms with E-state index in [9.17, 15) is 4.79 Å². The predicted octanol–water partition coefficient (Wildman–Crippen LogP) is 2.83. The maximum absolute atomic E-state index is 12.4. The lowest BCUT2D eigenvalue weighted by Gasteiger charge is -2.15. The molecule has 1 amide bonds. The van der Waals surface area contributed by atoms with Crippen LogP contribution in [0.3, 0.4) is 0 Å². The normalized spacial score (nSPS) is 10.1. The number of hydrogen-bond acceptors (Lipinski definition) is 5. The van der Waals surface area contributed by atoms with Crippen molar-refractivity contribution >= 4 is 5.91 Å². The van der Waals surface area contributed by atoms with Gasteiger partial charge in [-0.2, -0.15) is 0 Å². The number of ether oxygens (including phenoxy) is 4. The first kappa shape index (κ1) is 18.4. The summed E-state index contributed by atoms with van der Waals surface area (Å²) in [5.74, 6) is 1.71. The van der Waals surface area contributed by atoms with Crippen LogP contribution >= 0.6 is 0 Å². The number of carbonyl (C=O) groups is 1. The Morgan fingerprint density at radius 2 is 1.60 bits per heavy atom. The Labute approximate surface area is 147 Å². The van der Waals surface area contributed by atoms with Gasteiger partial charge < -0.3 is 24.3 Å². The maximum atomic E-state index is 12.4. The molecular weight excluding hydrogens is 322 g/mol. The van der Waals surface area contributed by atoms with Crippen molar-refractivity contribution < 1.29 is 23.7 Å². The highest BCUT2D eigenvalue weighted by molar-refractivity contribution is 5.98. The van der Waals surface area contributed by atoms with Gasteiger partial charge in [-0.1, -0.05) is 17.7 Å². The Hall–Kier alpha value is -2.89. The Morgan fingerprint density at radius 3 is 2.20 bits per heavy atom. The van der Waals surface area contributed by atoms with Crippen molar-refractivity contribution in [2.45, 2.75) is 6.92 Å². The Kier molecular flexibility index (Phi) is 6.51. The van der Waals surface area contributed by atoms with Gasteiger partial charge in [0.25, 0.3) is 5.91 Å². The van der Waals surface area contributed by atoms with Gasteiger partial charge in [0.15, 0.2) is 11.5 Å². The molecule has 2 aromatic rings. The summed E-state index contributed by atoms with van der Waals surface area (Å²) < 4.78 is 21.4. The van der Waals surface area contributed by atoms with Crippen LogP contribution in [0.5, 0.6) is 23.0 Å². The van der Waals surface area contributed by atoms with Crippen LogP contribution in [0.25, 0.3) is 0 Å². The minimum Gasteiger partial charge on any atom is -0.493 e. The number of rotatable bonds is 8. The second-order valence-corrected chi connectivity index (χ2v) is 5.30. The summed E-state index contributed by atoms with van der Waals surface area (Å²) >= 11 is 0. The fraction of sp³-hybridized carbons (Fsp3) is 0.316. The molecule has 0 bridgehead atoms. The number of hydrogen-bond donors (Lipinski definition) is 1. The average molecular weight is 345 g/mol. The monoisotopic (exact) mass is 345 g/mol. The first-order valence-corrected chi connectivity index (χ1v) is 7.87. The highest BCUT2D eigenvalue weighted by Gasteiger charge is 2.20. The summed E-state index contributed by atoms with van der Waals surface area (Å²) in [7, 11) is 4.51. The molecule has 0 aliphatic rings. The second kappa shape index (κ2) is 8.82. The summed E-state index contributed by atoms with van der Waals surface area (Å²) in [6.07, 6.45) is 0. The van der Waals surface area contributed by atoms with Crippen LogP contribution in [0, 0.1) is 6.92 Å². The lowest BCUT2D eigenvalue weighted by atomic mass is 10.1. The van der Waals surface area contributed by atoms with Crippen molar-refractivity contribution in [1.82, 2.24) is 5.32 Å². The first-order chi connectivity index (χ1) is 12.1. The van der Waals surface area contributed by atoms with Crippen molar-refractivity contribution in [2.75, 3.05) is 34.5 Å². The van der Waals surface area contributed by atoms with Crippen molar-refractivity contribution in [1.29, 1.82) is 0 Å². The molecular formula is C19H23NO5. The molecule has 2 rings (SSSR count). The van der Waals surface area contributed by atoms with Crippen molar-refractivity contribution in [3.05, 3.63) is 47.5 Å². The highest BCUT2D eigenvalue weighted by Crippen LogP contribution is 2.39. The summed E-state index contributed by atoms with van der Waals surface area (Å²) in [5, 5.41) is 2.80. The molecule has 2 aromatic carbocycles. The number of nitrogens with one attached hydrogen (secondary N) is 1. The van der Waals surface area contributed by atoms with Gasteiger partial charge in [0, 0.05) is 0 Å². The van der Waals surface area contributed by atoms with Gasteiger partial charge in [-0.05, 0) is 31.2 Å². The van der Waals surface area contributed by atoms with Crippen molar-refractivity contribution in [2.24, 2.45) is 0 Å². The van der Waals surface area contributed by atoms with Gasteiger partial charge in [0.05, 0.1) is 33.4 Å². The zero-order chi connectivity index (χ0) is 18.2. The van der Waals surface area contributed by atoms with E-state index in [1.54, 1.807) is 12.1 Å². The van der Waals surface area contributed by atoms with E-state index >= 15 is 0 Å². The lowest BCUT2D eigenvalue weighted by Crippen LogP contribution is -2.28. The van der Waals surface area contributed by atoms with Gasteiger partial charge in [-0.3, -0.25) is 4.79 Å². The summed E-state index contributed by atoms with van der Waals surface area (Å²) in [6.45, 7) is 2.75. The van der Waals surface area contributed by atoms with Crippen LogP contribution in [0.2, 0.25) is 0 Å². The number of carbonyl (C=O) groups excluding carboxylic acids is 1. The second-order valence-electron chi connectivity index (χ2n) is 5.30. The smallest absolute Gasteiger partial charge is 0.255 e. The van der Waals surface area contributed by atoms with Crippen LogP contribution in [0.1, 0.15) is 15.9 Å². The van der Waals surface area contributed by atoms with Gasteiger partial charge >= 0.3 is 0 Å². The zero-order valence-electron chi connectivity index (χ0n) is 14.9. The molecule has 0 radical (unpaired) electrons. The molecule has 0 saturated heterocycles. The van der Waals surface area contributed by atoms with Crippen LogP contribution < -0.4 is 24.3 Å². The van der Waals surface area contributed by atoms with E-state index in [0.717, 1.165) is 5.75 Å². The Bertz CT molecular complexity index is 712. The van der Waals surface area contributed by atoms with Crippen LogP contribution in [-0.4, -0.2) is 40.4 Å². The van der Waals surface area contributed by atoms with E-state index in [0.29, 0.717) is 36.0 Å². The summed E-state index contributed by atoms with van der Waals surface area (Å²) in [6, 6.07) is 11.0. The van der Waals surface area contributed by atoms with E-state index in [1.165, 1.54) is 26.9 Å². The van der Waals surface area contributed by atoms with Gasteiger partial charge in [0.2, 0.25) is 5.75 Å². The quantitative estimate of drug-likeness (QED) is 0.745. The Morgan fingerprint density at radius 1 is 0.920 bits per heavy atom. The van der Waals surface area contributed by atoms with Crippen LogP contribution in [0.4, 0.5) is 0 Å². The van der Waals surface area contributed by atoms with Crippen LogP contribution in [-0.2, 0) is 0 Å². The number of benzene rings is 2. The molecule has 0 heterocycles. The van der Waals surface area contributed by atoms with E-state index in [-0.39, 0.29) is 5.91 Å². The molecule has 134 valence electrons. The molecule has 0 unspecified atom stereocenters. The SMILES string of the molecule is COc1ccc(C(=O)NCCOc2ccc(C)cc2)c(OC)c1OC. The van der Waals surface area contributed by atoms with E-state index in [2.05, 4.69) is 5.32 Å². The minimum absolute atomic E-state index is 0.273. The fourth-order valence-electron chi connectivity index (χ4n) is 2.34. The topological polar surface area (TPSA) is 66.0 Å². The zero-order valence-corrected chi connectivity index (χ0v) is 14.9. The average Bonchev–Trinajstić information content (AvgIpc) is 2.64. The number of methoxy groups -OCH3 is 3. The van der Waals surface area contributed by atoms with Crippen molar-refractivity contribution in [3.63, 3.8) is 0 Å². The van der Waals surface area contributed by atoms with Crippen molar-refractivity contribution in [3.8, 4) is 23.0 Å². The standard InChI is InChI=1S/C19H23NO5/c1-13-5-7-14(8-6-13)25-12-11-20-19(21)15-9-10-16(22-2)18(24-4)17(15)23-3/h5-10H,11-12H2,1-4H3,(H,20,21). The number of aryl methyl sites for hydroxylation is 1. The predicted molar refractivity (Wildman–Crippen MR) is 95.1 cm³/mol. The summed E-state index contributed by atoms with van der Waals surface area (Å²) in [4.78, 5) is 12.4. The maximum Gasteiger partial charge on any atom is 0.255 e. The molecule has 6 heteroatoms. The van der Waals surface area contributed by atoms with Gasteiger partial charge in [-0.25, -0.2) is 0 Å². The van der Waals surface area contributed by atoms with E-state index < -0.39 is 0 Å². The molecule has 1 N–H and O–H groups in total. The Balaban J connectivity index is 1.97. The third kappa shape index (κ3) is 4.56. The molecule has 0 fully saturated rings. The lowest BCUT2D eigenvalue weighted by molar-refractivity contribution is 0.0943.